The molecule has 4 nitrogen and oxygen atoms in total. The molecule has 18 heavy (non-hydrogen) atoms. The molecule has 5 heteroatoms. The van der Waals surface area contributed by atoms with Crippen LogP contribution in [0.1, 0.15) is 17.5 Å². The number of benzene rings is 1. The van der Waals surface area contributed by atoms with Crippen molar-refractivity contribution >= 4 is 29.1 Å². The van der Waals surface area contributed by atoms with Gasteiger partial charge in [-0.3, -0.25) is 9.59 Å². The minimum atomic E-state index is -0.357. The molecule has 0 radical (unpaired) electrons. The smallest absolute Gasteiger partial charge is 0.248 e. The van der Waals surface area contributed by atoms with E-state index in [9.17, 15) is 9.59 Å². The summed E-state index contributed by atoms with van der Waals surface area (Å²) >= 11 is 5.54. The molecule has 96 valence electrons. The molecule has 1 aliphatic rings. The number of hydrogen-bond acceptors (Lipinski definition) is 3. The maximum absolute atomic E-state index is 11.8. The minimum absolute atomic E-state index is 0.172. The van der Waals surface area contributed by atoms with E-state index in [1.165, 1.54) is 4.90 Å². The van der Waals surface area contributed by atoms with Crippen LogP contribution in [0.4, 0.5) is 5.69 Å². The number of carbonyl (C=O) groups is 2. The summed E-state index contributed by atoms with van der Waals surface area (Å²) in [5, 5.41) is 3.08. The number of alkyl halides is 1. The maximum Gasteiger partial charge on any atom is 0.248 e. The number of nitrogens with zero attached hydrogens (tertiary/aromatic N) is 1. The molecular weight excluding hydrogens is 252 g/mol. The number of halogens is 1. The molecular formula is C13H15ClN2O2. The summed E-state index contributed by atoms with van der Waals surface area (Å²) in [5.41, 5.74) is 2.85. The first-order valence-corrected chi connectivity index (χ1v) is 6.39. The van der Waals surface area contributed by atoms with Crippen LogP contribution in [0.5, 0.6) is 0 Å². The number of anilines is 1. The van der Waals surface area contributed by atoms with Crippen molar-refractivity contribution in [3.63, 3.8) is 0 Å². The maximum atomic E-state index is 11.8. The second kappa shape index (κ2) is 5.50. The Morgan fingerprint density at radius 1 is 1.44 bits per heavy atom. The molecule has 1 aromatic rings. The Hall–Kier alpha value is -1.39. The highest BCUT2D eigenvalue weighted by Gasteiger charge is 2.28. The Morgan fingerprint density at radius 3 is 2.89 bits per heavy atom. The monoisotopic (exact) mass is 266 g/mol. The fourth-order valence-electron chi connectivity index (χ4n) is 2.19. The first kappa shape index (κ1) is 13.1. The fourth-order valence-corrected chi connectivity index (χ4v) is 2.31. The highest BCUT2D eigenvalue weighted by molar-refractivity contribution is 6.33. The van der Waals surface area contributed by atoms with Crippen LogP contribution >= 0.6 is 11.6 Å². The Labute approximate surface area is 111 Å². The lowest BCUT2D eigenvalue weighted by Gasteiger charge is -2.27. The van der Waals surface area contributed by atoms with E-state index in [2.05, 4.69) is 5.32 Å². The molecule has 0 unspecified atom stereocenters. The summed E-state index contributed by atoms with van der Waals surface area (Å²) in [6.07, 6.45) is 1.04. The quantitative estimate of drug-likeness (QED) is 0.843. The molecule has 2 rings (SSSR count). The van der Waals surface area contributed by atoms with E-state index in [-0.39, 0.29) is 17.7 Å². The molecule has 0 atom stereocenters. The van der Waals surface area contributed by atoms with Gasteiger partial charge in [-0.25, -0.2) is 4.90 Å². The summed E-state index contributed by atoms with van der Waals surface area (Å²) in [5.74, 6) is -0.706. The zero-order valence-electron chi connectivity index (χ0n) is 10.2. The van der Waals surface area contributed by atoms with Gasteiger partial charge in [0.05, 0.1) is 5.69 Å². The van der Waals surface area contributed by atoms with Crippen molar-refractivity contribution in [2.24, 2.45) is 0 Å². The highest BCUT2D eigenvalue weighted by Crippen LogP contribution is 2.29. The number of amides is 2. The van der Waals surface area contributed by atoms with Gasteiger partial charge in [-0.05, 0) is 30.7 Å². The summed E-state index contributed by atoms with van der Waals surface area (Å²) in [7, 11) is 1.88. The van der Waals surface area contributed by atoms with Crippen LogP contribution in [0, 0.1) is 0 Å². The van der Waals surface area contributed by atoms with Crippen LogP contribution in [0.15, 0.2) is 18.2 Å². The van der Waals surface area contributed by atoms with E-state index in [0.717, 1.165) is 17.7 Å². The molecule has 0 saturated carbocycles. The lowest BCUT2D eigenvalue weighted by atomic mass is 9.98. The largest absolute Gasteiger partial charge is 0.316 e. The molecule has 1 aliphatic heterocycles. The summed E-state index contributed by atoms with van der Waals surface area (Å²) in [6.45, 7) is 0.769. The average molecular weight is 267 g/mol. The van der Waals surface area contributed by atoms with Gasteiger partial charge in [0.15, 0.2) is 0 Å². The van der Waals surface area contributed by atoms with Crippen LogP contribution in [-0.4, -0.2) is 24.7 Å². The zero-order valence-corrected chi connectivity index (χ0v) is 11.0. The van der Waals surface area contributed by atoms with Crippen molar-refractivity contribution in [3.05, 3.63) is 29.3 Å². The van der Waals surface area contributed by atoms with Crippen LogP contribution in [0.3, 0.4) is 0 Å². The first-order chi connectivity index (χ1) is 8.67. The van der Waals surface area contributed by atoms with E-state index in [0.29, 0.717) is 18.5 Å². The van der Waals surface area contributed by atoms with E-state index in [1.807, 2.05) is 25.2 Å². The molecule has 0 fully saturated rings. The number of nitrogens with one attached hydrogen (secondary N) is 1. The second-order valence-electron chi connectivity index (χ2n) is 4.25. The highest BCUT2D eigenvalue weighted by atomic mass is 35.5. The van der Waals surface area contributed by atoms with Gasteiger partial charge >= 0.3 is 0 Å². The molecule has 0 saturated heterocycles. The average Bonchev–Trinajstić information content (AvgIpc) is 2.38. The molecule has 0 bridgehead atoms. The van der Waals surface area contributed by atoms with Crippen molar-refractivity contribution < 1.29 is 9.59 Å². The zero-order chi connectivity index (χ0) is 13.1. The van der Waals surface area contributed by atoms with Crippen LogP contribution in [0.2, 0.25) is 0 Å². The normalized spacial score (nSPS) is 14.6. The number of imide groups is 1. The fraction of sp³-hybridized carbons (Fsp3) is 0.385. The molecule has 1 heterocycles. The van der Waals surface area contributed by atoms with Gasteiger partial charge in [0, 0.05) is 13.0 Å². The van der Waals surface area contributed by atoms with Gasteiger partial charge in [-0.2, -0.15) is 0 Å². The van der Waals surface area contributed by atoms with Gasteiger partial charge in [-0.15, -0.1) is 11.6 Å². The van der Waals surface area contributed by atoms with E-state index in [1.54, 1.807) is 0 Å². The summed E-state index contributed by atoms with van der Waals surface area (Å²) in [6, 6.07) is 5.78. The summed E-state index contributed by atoms with van der Waals surface area (Å²) in [4.78, 5) is 24.7. The summed E-state index contributed by atoms with van der Waals surface area (Å²) < 4.78 is 0. The predicted molar refractivity (Wildman–Crippen MR) is 70.7 cm³/mol. The lowest BCUT2D eigenvalue weighted by Crippen LogP contribution is -2.41. The third kappa shape index (κ3) is 2.40. The molecule has 1 N–H and O–H groups in total. The van der Waals surface area contributed by atoms with E-state index in [4.69, 9.17) is 11.6 Å². The van der Waals surface area contributed by atoms with Gasteiger partial charge in [0.2, 0.25) is 11.8 Å². The Kier molecular flexibility index (Phi) is 3.99. The van der Waals surface area contributed by atoms with Crippen molar-refractivity contribution in [1.29, 1.82) is 0 Å². The molecule has 0 aliphatic carbocycles. The van der Waals surface area contributed by atoms with Crippen LogP contribution in [0.25, 0.3) is 0 Å². The number of aryl methyl sites for hydroxylation is 1. The van der Waals surface area contributed by atoms with Gasteiger partial charge in [-0.1, -0.05) is 12.1 Å². The number of rotatable bonds is 3. The van der Waals surface area contributed by atoms with Crippen molar-refractivity contribution in [2.75, 3.05) is 17.8 Å². The Bertz CT molecular complexity index is 488. The predicted octanol–water partition coefficient (Wildman–Crippen LogP) is 1.45. The second-order valence-corrected chi connectivity index (χ2v) is 4.52. The Morgan fingerprint density at radius 2 is 2.22 bits per heavy atom. The number of fused-ring (bicyclic) bond motifs is 1. The van der Waals surface area contributed by atoms with Gasteiger partial charge < -0.3 is 5.32 Å². The minimum Gasteiger partial charge on any atom is -0.316 e. The molecule has 0 spiro atoms. The van der Waals surface area contributed by atoms with E-state index >= 15 is 0 Å². The number of carbonyl (C=O) groups excluding carboxylic acids is 2. The van der Waals surface area contributed by atoms with Crippen molar-refractivity contribution in [2.45, 2.75) is 19.4 Å². The Balaban J connectivity index is 2.38. The van der Waals surface area contributed by atoms with Crippen molar-refractivity contribution in [3.8, 4) is 0 Å². The number of hydrogen-bond donors (Lipinski definition) is 1. The molecule has 0 aromatic heterocycles. The molecule has 1 aromatic carbocycles. The third-order valence-electron chi connectivity index (χ3n) is 2.99. The standard InChI is InChI=1S/C13H15ClN2O2/c1-15-8-9-2-4-11-10(6-9)3-5-12(17)16(11)13(18)7-14/h2,4,6,15H,3,5,7-8H2,1H3. The lowest BCUT2D eigenvalue weighted by molar-refractivity contribution is -0.125. The van der Waals surface area contributed by atoms with Gasteiger partial charge in [0.1, 0.15) is 5.88 Å². The SMILES string of the molecule is CNCc1ccc2c(c1)CCC(=O)N2C(=O)CCl. The molecule has 2 amide bonds. The van der Waals surface area contributed by atoms with Crippen LogP contribution in [-0.2, 0) is 22.6 Å². The van der Waals surface area contributed by atoms with Crippen molar-refractivity contribution in [1.82, 2.24) is 5.32 Å². The first-order valence-electron chi connectivity index (χ1n) is 5.85. The van der Waals surface area contributed by atoms with E-state index < -0.39 is 0 Å². The van der Waals surface area contributed by atoms with Gasteiger partial charge in [0.25, 0.3) is 0 Å². The van der Waals surface area contributed by atoms with Crippen LogP contribution < -0.4 is 10.2 Å². The topological polar surface area (TPSA) is 49.4 Å². The third-order valence-corrected chi connectivity index (χ3v) is 3.22.